The Labute approximate surface area is 118 Å². The third-order valence-corrected chi connectivity index (χ3v) is 4.34. The zero-order chi connectivity index (χ0) is 14.1. The van der Waals surface area contributed by atoms with E-state index >= 15 is 0 Å². The number of ether oxygens (including phenoxy) is 2. The number of aromatic nitrogens is 1. The van der Waals surface area contributed by atoms with Crippen LogP contribution in [0.2, 0.25) is 0 Å². The molecule has 0 bridgehead atoms. The lowest BCUT2D eigenvalue weighted by atomic mass is 10.4. The molecule has 1 heterocycles. The highest BCUT2D eigenvalue weighted by Gasteiger charge is 2.34. The van der Waals surface area contributed by atoms with Gasteiger partial charge in [0.25, 0.3) is 9.05 Å². The number of alkyl halides is 3. The molecule has 5 nitrogen and oxygen atoms in total. The molecule has 0 amide bonds. The molecule has 0 aromatic carbocycles. The van der Waals surface area contributed by atoms with E-state index in [4.69, 9.17) is 10.7 Å². The summed E-state index contributed by atoms with van der Waals surface area (Å²) in [6, 6.07) is 0. The van der Waals surface area contributed by atoms with Gasteiger partial charge in [0, 0.05) is 10.7 Å². The van der Waals surface area contributed by atoms with Crippen LogP contribution < -0.4 is 9.47 Å². The average molecular weight is 418 g/mol. The minimum absolute atomic E-state index is 0.369. The van der Waals surface area contributed by atoms with E-state index in [0.29, 0.717) is 6.20 Å². The van der Waals surface area contributed by atoms with Crippen molar-refractivity contribution in [1.29, 1.82) is 0 Å². The fourth-order valence-electron chi connectivity index (χ4n) is 0.991. The highest BCUT2D eigenvalue weighted by atomic mass is 127. The molecule has 0 aliphatic heterocycles. The number of nitrogens with zero attached hydrogens (tertiary/aromatic N) is 1. The minimum atomic E-state index is -4.97. The monoisotopic (exact) mass is 417 g/mol. The van der Waals surface area contributed by atoms with Crippen LogP contribution in [0.25, 0.3) is 0 Å². The van der Waals surface area contributed by atoms with E-state index in [2.05, 4.69) is 14.5 Å². The van der Waals surface area contributed by atoms with Crippen molar-refractivity contribution in [3.05, 3.63) is 9.77 Å². The van der Waals surface area contributed by atoms with Gasteiger partial charge in [0.05, 0.1) is 16.9 Å². The first kappa shape index (κ1) is 15.6. The van der Waals surface area contributed by atoms with E-state index in [9.17, 15) is 21.6 Å². The van der Waals surface area contributed by atoms with Crippen LogP contribution in [0.4, 0.5) is 13.2 Å². The third kappa shape index (κ3) is 3.75. The maximum absolute atomic E-state index is 12.1. The normalized spacial score (nSPS) is 12.3. The molecule has 0 N–H and O–H groups in total. The van der Waals surface area contributed by atoms with Crippen LogP contribution in [-0.4, -0.2) is 26.9 Å². The molecule has 0 spiro atoms. The molecule has 18 heavy (non-hydrogen) atoms. The van der Waals surface area contributed by atoms with Crippen molar-refractivity contribution in [3.63, 3.8) is 0 Å². The van der Waals surface area contributed by atoms with E-state index < -0.39 is 31.9 Å². The maximum atomic E-state index is 12.1. The molecule has 1 aromatic rings. The van der Waals surface area contributed by atoms with Crippen LogP contribution in [0.15, 0.2) is 11.1 Å². The lowest BCUT2D eigenvalue weighted by Gasteiger charge is -2.13. The Bertz CT molecular complexity index is 563. The van der Waals surface area contributed by atoms with Gasteiger partial charge in [-0.1, -0.05) is 0 Å². The first-order chi connectivity index (χ1) is 8.06. The van der Waals surface area contributed by atoms with Crippen molar-refractivity contribution in [3.8, 4) is 11.6 Å². The predicted molar refractivity (Wildman–Crippen MR) is 63.2 cm³/mol. The molecule has 0 unspecified atom stereocenters. The second-order valence-corrected chi connectivity index (χ2v) is 6.34. The van der Waals surface area contributed by atoms with Gasteiger partial charge >= 0.3 is 6.36 Å². The minimum Gasteiger partial charge on any atom is -0.480 e. The Morgan fingerprint density at radius 2 is 2.00 bits per heavy atom. The SMILES string of the molecule is COc1ncc(OC(F)(F)F)c(I)c1S(=O)(=O)Cl. The van der Waals surface area contributed by atoms with Gasteiger partial charge in [0.1, 0.15) is 0 Å². The van der Waals surface area contributed by atoms with Gasteiger partial charge in [-0.3, -0.25) is 0 Å². The van der Waals surface area contributed by atoms with Crippen molar-refractivity contribution in [2.24, 2.45) is 0 Å². The van der Waals surface area contributed by atoms with E-state index in [1.165, 1.54) is 22.6 Å². The summed E-state index contributed by atoms with van der Waals surface area (Å²) in [4.78, 5) is 2.72. The summed E-state index contributed by atoms with van der Waals surface area (Å²) in [5.74, 6) is -1.19. The first-order valence-electron chi connectivity index (χ1n) is 3.99. The quantitative estimate of drug-likeness (QED) is 0.559. The molecular weight excluding hydrogens is 413 g/mol. The highest BCUT2D eigenvalue weighted by molar-refractivity contribution is 14.1. The van der Waals surface area contributed by atoms with E-state index in [1.807, 2.05) is 0 Å². The fraction of sp³-hybridized carbons (Fsp3) is 0.286. The third-order valence-electron chi connectivity index (χ3n) is 1.57. The largest absolute Gasteiger partial charge is 0.573 e. The fourth-order valence-corrected chi connectivity index (χ4v) is 3.82. The summed E-state index contributed by atoms with van der Waals surface area (Å²) in [5.41, 5.74) is 0. The van der Waals surface area contributed by atoms with E-state index in [-0.39, 0.29) is 3.57 Å². The molecule has 102 valence electrons. The van der Waals surface area contributed by atoms with Gasteiger partial charge in [-0.25, -0.2) is 13.4 Å². The van der Waals surface area contributed by atoms with Gasteiger partial charge in [-0.2, -0.15) is 0 Å². The van der Waals surface area contributed by atoms with Crippen LogP contribution >= 0.6 is 33.3 Å². The molecule has 0 aliphatic rings. The van der Waals surface area contributed by atoms with Gasteiger partial charge in [-0.15, -0.1) is 13.2 Å². The maximum Gasteiger partial charge on any atom is 0.573 e. The molecule has 1 rings (SSSR count). The predicted octanol–water partition coefficient (Wildman–Crippen LogP) is 2.52. The lowest BCUT2D eigenvalue weighted by molar-refractivity contribution is -0.275. The summed E-state index contributed by atoms with van der Waals surface area (Å²) in [7, 11) is 1.88. The Morgan fingerprint density at radius 1 is 1.44 bits per heavy atom. The smallest absolute Gasteiger partial charge is 0.480 e. The number of pyridine rings is 1. The van der Waals surface area contributed by atoms with Crippen LogP contribution in [0, 0.1) is 3.57 Å². The zero-order valence-electron chi connectivity index (χ0n) is 8.46. The molecule has 0 saturated heterocycles. The molecule has 0 atom stereocenters. The standard InChI is InChI=1S/C7H4ClF3INO4S/c1-16-6-5(18(8,14)15)4(12)3(2-13-6)17-7(9,10)11/h2H,1H3. The van der Waals surface area contributed by atoms with Gasteiger partial charge in [-0.05, 0) is 22.6 Å². The number of methoxy groups -OCH3 is 1. The van der Waals surface area contributed by atoms with Gasteiger partial charge < -0.3 is 9.47 Å². The Morgan fingerprint density at radius 3 is 2.39 bits per heavy atom. The molecular formula is C7H4ClF3INO4S. The highest BCUT2D eigenvalue weighted by Crippen LogP contribution is 2.37. The summed E-state index contributed by atoms with van der Waals surface area (Å²) in [6.45, 7) is 0. The number of halogens is 5. The summed E-state index contributed by atoms with van der Waals surface area (Å²) in [6.07, 6.45) is -4.27. The lowest BCUT2D eigenvalue weighted by Crippen LogP contribution is -2.18. The Kier molecular flexibility index (Phi) is 4.54. The molecule has 0 saturated carbocycles. The molecule has 1 aromatic heterocycles. The summed E-state index contributed by atoms with van der Waals surface area (Å²) >= 11 is 1.35. The van der Waals surface area contributed by atoms with Crippen molar-refractivity contribution in [2.75, 3.05) is 7.11 Å². The van der Waals surface area contributed by atoms with Crippen LogP contribution in [0.5, 0.6) is 11.6 Å². The molecule has 11 heteroatoms. The van der Waals surface area contributed by atoms with Crippen molar-refractivity contribution in [2.45, 2.75) is 11.3 Å². The van der Waals surface area contributed by atoms with Gasteiger partial charge in [0.15, 0.2) is 10.6 Å². The zero-order valence-corrected chi connectivity index (χ0v) is 12.2. The van der Waals surface area contributed by atoms with E-state index in [1.54, 1.807) is 0 Å². The second-order valence-electron chi connectivity index (χ2n) is 2.76. The van der Waals surface area contributed by atoms with E-state index in [0.717, 1.165) is 7.11 Å². The number of hydrogen-bond acceptors (Lipinski definition) is 5. The average Bonchev–Trinajstić information content (AvgIpc) is 2.16. The second kappa shape index (κ2) is 5.25. The summed E-state index contributed by atoms with van der Waals surface area (Å²) in [5, 5.41) is 0. The van der Waals surface area contributed by atoms with Crippen LogP contribution in [0.1, 0.15) is 0 Å². The van der Waals surface area contributed by atoms with Crippen LogP contribution in [-0.2, 0) is 9.05 Å². The molecule has 0 aliphatic carbocycles. The summed E-state index contributed by atoms with van der Waals surface area (Å²) < 4.78 is 66.6. The van der Waals surface area contributed by atoms with Crippen molar-refractivity contribution >= 4 is 42.3 Å². The van der Waals surface area contributed by atoms with Crippen molar-refractivity contribution < 1.29 is 31.1 Å². The number of hydrogen-bond donors (Lipinski definition) is 0. The Balaban J connectivity index is 3.45. The van der Waals surface area contributed by atoms with Crippen LogP contribution in [0.3, 0.4) is 0 Å². The number of rotatable bonds is 3. The molecule has 0 radical (unpaired) electrons. The topological polar surface area (TPSA) is 65.5 Å². The first-order valence-corrected chi connectivity index (χ1v) is 7.38. The molecule has 0 fully saturated rings. The van der Waals surface area contributed by atoms with Gasteiger partial charge in [0.2, 0.25) is 5.88 Å². The Hall–Kier alpha value is -0.490. The van der Waals surface area contributed by atoms with Crippen molar-refractivity contribution in [1.82, 2.24) is 4.98 Å².